The normalized spacial score (nSPS) is 25.7. The van der Waals surface area contributed by atoms with Gasteiger partial charge in [-0.25, -0.2) is 9.78 Å². The van der Waals surface area contributed by atoms with Crippen LogP contribution in [0.5, 0.6) is 5.75 Å². The van der Waals surface area contributed by atoms with Gasteiger partial charge in [0.15, 0.2) is 0 Å². The molecule has 0 radical (unpaired) electrons. The van der Waals surface area contributed by atoms with Crippen molar-refractivity contribution in [3.63, 3.8) is 0 Å². The Labute approximate surface area is 186 Å². The molecule has 1 aromatic heterocycles. The summed E-state index contributed by atoms with van der Waals surface area (Å²) in [6, 6.07) is 7.34. The van der Waals surface area contributed by atoms with Gasteiger partial charge in [0.25, 0.3) is 5.91 Å². The number of aliphatic carboxylic acids is 1. The van der Waals surface area contributed by atoms with E-state index in [0.29, 0.717) is 24.5 Å². The number of aromatic nitrogens is 2. The average molecular weight is 442 g/mol. The van der Waals surface area contributed by atoms with Crippen LogP contribution >= 0.6 is 11.8 Å². The van der Waals surface area contributed by atoms with Crippen molar-refractivity contribution in [3.8, 4) is 5.75 Å². The Bertz CT molecular complexity index is 928. The Morgan fingerprint density at radius 1 is 1.19 bits per heavy atom. The van der Waals surface area contributed by atoms with Crippen LogP contribution in [-0.4, -0.2) is 54.6 Å². The first-order valence-electron chi connectivity index (χ1n) is 10.6. The predicted octanol–water partition coefficient (Wildman–Crippen LogP) is 3.96. The van der Waals surface area contributed by atoms with Crippen molar-refractivity contribution in [2.75, 3.05) is 5.75 Å². The molecule has 7 nitrogen and oxygen atoms in total. The molecular weight excluding hydrogens is 414 g/mol. The van der Waals surface area contributed by atoms with E-state index in [1.807, 2.05) is 12.1 Å². The maximum absolute atomic E-state index is 13.2. The second-order valence-electron chi connectivity index (χ2n) is 8.42. The van der Waals surface area contributed by atoms with E-state index in [0.717, 1.165) is 18.6 Å². The number of nitrogens with zero attached hydrogens (tertiary/aromatic N) is 3. The molecular formula is C23H27N3O4S. The highest BCUT2D eigenvalue weighted by Gasteiger charge is 2.54. The number of carboxylic acid groups (broad SMARTS) is 1. The van der Waals surface area contributed by atoms with Crippen molar-refractivity contribution >= 4 is 23.6 Å². The van der Waals surface area contributed by atoms with Crippen LogP contribution < -0.4 is 4.74 Å². The highest BCUT2D eigenvalue weighted by Crippen LogP contribution is 2.50. The van der Waals surface area contributed by atoms with Crippen LogP contribution in [0.4, 0.5) is 0 Å². The maximum atomic E-state index is 13.2. The minimum Gasteiger partial charge on any atom is -0.490 e. The van der Waals surface area contributed by atoms with E-state index in [9.17, 15) is 14.7 Å². The van der Waals surface area contributed by atoms with E-state index in [2.05, 4.69) is 35.9 Å². The molecule has 0 unspecified atom stereocenters. The molecule has 1 aliphatic carbocycles. The summed E-state index contributed by atoms with van der Waals surface area (Å²) in [7, 11) is 0. The summed E-state index contributed by atoms with van der Waals surface area (Å²) in [4.78, 5) is 34.2. The van der Waals surface area contributed by atoms with Crippen LogP contribution in [0.3, 0.4) is 0 Å². The standard InChI is InChI=1S/C23H27N3O4S/c1-15(2)16-3-5-17(6-4-16)30-18-7-9-23(10-8-18)26(20(14-31-23)22(28)29)21(27)19-13-24-11-12-25-19/h3-6,11-13,15,18,20H,7-10,14H2,1-2H3,(H,28,29)/t18?,20-,23?/m0/s1. The fraction of sp³-hybridized carbons (Fsp3) is 0.478. The number of carbonyl (C=O) groups is 2. The molecule has 4 rings (SSSR count). The van der Waals surface area contributed by atoms with Gasteiger partial charge in [0.2, 0.25) is 0 Å². The van der Waals surface area contributed by atoms with Gasteiger partial charge in [-0.2, -0.15) is 0 Å². The van der Waals surface area contributed by atoms with Gasteiger partial charge in [0.1, 0.15) is 17.5 Å². The number of thioether (sulfide) groups is 1. The van der Waals surface area contributed by atoms with Crippen molar-refractivity contribution in [2.45, 2.75) is 62.5 Å². The third kappa shape index (κ3) is 4.39. The molecule has 2 fully saturated rings. The zero-order chi connectivity index (χ0) is 22.0. The van der Waals surface area contributed by atoms with Crippen molar-refractivity contribution in [1.29, 1.82) is 0 Å². The number of amides is 1. The summed E-state index contributed by atoms with van der Waals surface area (Å²) >= 11 is 1.57. The SMILES string of the molecule is CC(C)c1ccc(OC2CCC3(CC2)SC[C@@H](C(=O)O)N3C(=O)c2cnccn2)cc1. The van der Waals surface area contributed by atoms with E-state index < -0.39 is 16.9 Å². The van der Waals surface area contributed by atoms with Crippen LogP contribution in [0.15, 0.2) is 42.9 Å². The first kappa shape index (κ1) is 21.6. The van der Waals surface area contributed by atoms with Gasteiger partial charge < -0.3 is 14.7 Å². The van der Waals surface area contributed by atoms with E-state index in [1.165, 1.54) is 29.1 Å². The molecule has 2 aliphatic rings. The Balaban J connectivity index is 1.47. The van der Waals surface area contributed by atoms with Gasteiger partial charge in [-0.15, -0.1) is 11.8 Å². The predicted molar refractivity (Wildman–Crippen MR) is 118 cm³/mol. The Kier molecular flexibility index (Phi) is 6.18. The third-order valence-corrected chi connectivity index (χ3v) is 7.73. The highest BCUT2D eigenvalue weighted by molar-refractivity contribution is 8.01. The molecule has 8 heteroatoms. The van der Waals surface area contributed by atoms with Gasteiger partial charge in [0.05, 0.1) is 17.2 Å². The number of benzene rings is 1. The highest BCUT2D eigenvalue weighted by atomic mass is 32.2. The number of carboxylic acids is 1. The smallest absolute Gasteiger partial charge is 0.327 e. The molecule has 1 atom stereocenters. The van der Waals surface area contributed by atoms with E-state index in [1.54, 1.807) is 11.8 Å². The average Bonchev–Trinajstić information content (AvgIpc) is 3.15. The molecule has 164 valence electrons. The molecule has 2 heterocycles. The number of carbonyl (C=O) groups excluding carboxylic acids is 1. The largest absolute Gasteiger partial charge is 0.490 e. The summed E-state index contributed by atoms with van der Waals surface area (Å²) in [6.45, 7) is 4.32. The van der Waals surface area contributed by atoms with Crippen molar-refractivity contribution < 1.29 is 19.4 Å². The van der Waals surface area contributed by atoms with E-state index in [-0.39, 0.29) is 17.7 Å². The van der Waals surface area contributed by atoms with Crippen LogP contribution in [0.2, 0.25) is 0 Å². The Morgan fingerprint density at radius 2 is 1.90 bits per heavy atom. The zero-order valence-electron chi connectivity index (χ0n) is 17.7. The summed E-state index contributed by atoms with van der Waals surface area (Å²) in [5, 5.41) is 9.73. The minimum absolute atomic E-state index is 0.0495. The molecule has 1 saturated heterocycles. The topological polar surface area (TPSA) is 92.6 Å². The first-order valence-corrected chi connectivity index (χ1v) is 11.6. The van der Waals surface area contributed by atoms with Crippen molar-refractivity contribution in [1.82, 2.24) is 14.9 Å². The number of hydrogen-bond donors (Lipinski definition) is 1. The van der Waals surface area contributed by atoms with Gasteiger partial charge >= 0.3 is 5.97 Å². The summed E-state index contributed by atoms with van der Waals surface area (Å²) in [5.41, 5.74) is 1.45. The lowest BCUT2D eigenvalue weighted by molar-refractivity contribution is -0.142. The van der Waals surface area contributed by atoms with Crippen LogP contribution in [0.1, 0.15) is 61.5 Å². The van der Waals surface area contributed by atoms with Gasteiger partial charge in [-0.1, -0.05) is 26.0 Å². The zero-order valence-corrected chi connectivity index (χ0v) is 18.5. The summed E-state index contributed by atoms with van der Waals surface area (Å²) in [5.74, 6) is 0.353. The van der Waals surface area contributed by atoms with Gasteiger partial charge in [0, 0.05) is 18.1 Å². The molecule has 0 bridgehead atoms. The molecule has 1 spiro atoms. The molecule has 2 aromatic rings. The second-order valence-corrected chi connectivity index (χ2v) is 9.80. The third-order valence-electron chi connectivity index (χ3n) is 6.11. The molecule has 1 aliphatic heterocycles. The monoisotopic (exact) mass is 441 g/mol. The lowest BCUT2D eigenvalue weighted by Crippen LogP contribution is -2.54. The Hall–Kier alpha value is -2.61. The molecule has 1 saturated carbocycles. The van der Waals surface area contributed by atoms with E-state index in [4.69, 9.17) is 4.74 Å². The minimum atomic E-state index is -0.981. The fourth-order valence-electron chi connectivity index (χ4n) is 4.37. The summed E-state index contributed by atoms with van der Waals surface area (Å²) in [6.07, 6.45) is 7.28. The molecule has 1 amide bonds. The maximum Gasteiger partial charge on any atom is 0.327 e. The molecule has 1 N–H and O–H groups in total. The fourth-order valence-corrected chi connectivity index (χ4v) is 6.01. The number of ether oxygens (including phenoxy) is 1. The molecule has 1 aromatic carbocycles. The van der Waals surface area contributed by atoms with Crippen molar-refractivity contribution in [2.24, 2.45) is 0 Å². The van der Waals surface area contributed by atoms with Gasteiger partial charge in [-0.3, -0.25) is 9.78 Å². The van der Waals surface area contributed by atoms with Crippen molar-refractivity contribution in [3.05, 3.63) is 54.1 Å². The van der Waals surface area contributed by atoms with Gasteiger partial charge in [-0.05, 0) is 49.3 Å². The lowest BCUT2D eigenvalue weighted by Gasteiger charge is -2.43. The van der Waals surface area contributed by atoms with Crippen LogP contribution in [0, 0.1) is 0 Å². The number of hydrogen-bond acceptors (Lipinski definition) is 6. The lowest BCUT2D eigenvalue weighted by atomic mass is 9.90. The van der Waals surface area contributed by atoms with Crippen LogP contribution in [0.25, 0.3) is 0 Å². The Morgan fingerprint density at radius 3 is 2.48 bits per heavy atom. The van der Waals surface area contributed by atoms with Crippen LogP contribution in [-0.2, 0) is 4.79 Å². The number of rotatable bonds is 5. The summed E-state index contributed by atoms with van der Waals surface area (Å²) < 4.78 is 6.20. The second kappa shape index (κ2) is 8.86. The van der Waals surface area contributed by atoms with E-state index >= 15 is 0 Å². The quantitative estimate of drug-likeness (QED) is 0.751. The molecule has 31 heavy (non-hydrogen) atoms. The first-order chi connectivity index (χ1) is 14.9.